The molecule has 0 aliphatic carbocycles. The lowest BCUT2D eigenvalue weighted by atomic mass is 10.3. The van der Waals surface area contributed by atoms with Crippen LogP contribution in [0.2, 0.25) is 0 Å². The van der Waals surface area contributed by atoms with E-state index in [0.29, 0.717) is 6.54 Å². The number of thiophene rings is 1. The molecule has 0 saturated carbocycles. The van der Waals surface area contributed by atoms with E-state index in [1.807, 2.05) is 0 Å². The third kappa shape index (κ3) is 1.70. The van der Waals surface area contributed by atoms with E-state index in [2.05, 4.69) is 43.7 Å². The quantitative estimate of drug-likeness (QED) is 0.348. The average Bonchev–Trinajstić information content (AvgIpc) is 2.65. The molecular formula is C7H5IN4S. The molecule has 1 aromatic heterocycles. The Morgan fingerprint density at radius 1 is 1.77 bits per heavy atom. The van der Waals surface area contributed by atoms with Gasteiger partial charge in [0.1, 0.15) is 3.72 Å². The summed E-state index contributed by atoms with van der Waals surface area (Å²) >= 11 is 3.90. The first-order valence-corrected chi connectivity index (χ1v) is 5.53. The second kappa shape index (κ2) is 3.65. The number of aliphatic imine (C=N–C) groups is 1. The van der Waals surface area contributed by atoms with Crippen molar-refractivity contribution in [2.24, 2.45) is 10.1 Å². The SMILES string of the molecule is [N-]=[N+]=NCc1cc2c(s1)C(I)=NC2. The molecule has 2 heterocycles. The Balaban J connectivity index is 2.28. The largest absolute Gasteiger partial charge is 0.273 e. The van der Waals surface area contributed by atoms with Gasteiger partial charge in [0.25, 0.3) is 0 Å². The fourth-order valence-electron chi connectivity index (χ4n) is 1.18. The number of azide groups is 1. The highest BCUT2D eigenvalue weighted by atomic mass is 127. The maximum atomic E-state index is 8.16. The van der Waals surface area contributed by atoms with Gasteiger partial charge in [-0.1, -0.05) is 5.11 Å². The second-order valence-electron chi connectivity index (χ2n) is 2.56. The van der Waals surface area contributed by atoms with Crippen LogP contribution in [0.3, 0.4) is 0 Å². The van der Waals surface area contributed by atoms with Crippen LogP contribution in [0.1, 0.15) is 15.3 Å². The van der Waals surface area contributed by atoms with Crippen LogP contribution >= 0.6 is 33.9 Å². The molecule has 2 rings (SSSR count). The van der Waals surface area contributed by atoms with Crippen LogP contribution in [-0.2, 0) is 13.1 Å². The number of nitrogens with zero attached hydrogens (tertiary/aromatic N) is 4. The van der Waals surface area contributed by atoms with E-state index in [1.165, 1.54) is 10.4 Å². The Labute approximate surface area is 92.5 Å². The van der Waals surface area contributed by atoms with Gasteiger partial charge in [-0.05, 0) is 39.8 Å². The molecule has 0 amide bonds. The Morgan fingerprint density at radius 3 is 3.31 bits per heavy atom. The normalized spacial score (nSPS) is 13.5. The highest BCUT2D eigenvalue weighted by Crippen LogP contribution is 2.31. The summed E-state index contributed by atoms with van der Waals surface area (Å²) in [6, 6.07) is 2.07. The molecular weight excluding hydrogens is 299 g/mol. The van der Waals surface area contributed by atoms with E-state index in [1.54, 1.807) is 11.3 Å². The summed E-state index contributed by atoms with van der Waals surface area (Å²) in [5, 5.41) is 3.53. The zero-order chi connectivity index (χ0) is 9.26. The fraction of sp³-hybridized carbons (Fsp3) is 0.286. The van der Waals surface area contributed by atoms with E-state index in [9.17, 15) is 0 Å². The number of fused-ring (bicyclic) bond motifs is 1. The average molecular weight is 304 g/mol. The van der Waals surface area contributed by atoms with Gasteiger partial charge in [-0.2, -0.15) is 0 Å². The van der Waals surface area contributed by atoms with Crippen molar-refractivity contribution in [1.29, 1.82) is 0 Å². The number of hydrogen-bond donors (Lipinski definition) is 0. The minimum Gasteiger partial charge on any atom is -0.273 e. The molecule has 1 aliphatic heterocycles. The molecule has 6 heteroatoms. The Morgan fingerprint density at radius 2 is 2.62 bits per heavy atom. The van der Waals surface area contributed by atoms with Crippen molar-refractivity contribution in [3.8, 4) is 0 Å². The fourth-order valence-corrected chi connectivity index (χ4v) is 3.02. The molecule has 66 valence electrons. The molecule has 0 bridgehead atoms. The summed E-state index contributed by atoms with van der Waals surface area (Å²) in [7, 11) is 0. The van der Waals surface area contributed by atoms with Crippen LogP contribution in [0.15, 0.2) is 16.2 Å². The summed E-state index contributed by atoms with van der Waals surface area (Å²) < 4.78 is 1.07. The van der Waals surface area contributed by atoms with Crippen molar-refractivity contribution in [1.82, 2.24) is 0 Å². The van der Waals surface area contributed by atoms with Gasteiger partial charge in [0.15, 0.2) is 0 Å². The molecule has 0 fully saturated rings. The van der Waals surface area contributed by atoms with Crippen LogP contribution < -0.4 is 0 Å². The lowest BCUT2D eigenvalue weighted by Gasteiger charge is -1.86. The summed E-state index contributed by atoms with van der Waals surface area (Å²) in [6.45, 7) is 1.23. The van der Waals surface area contributed by atoms with Gasteiger partial charge in [-0.3, -0.25) is 4.99 Å². The lowest BCUT2D eigenvalue weighted by molar-refractivity contribution is 1.06. The standard InChI is InChI=1S/C7H5IN4S/c8-7-6-4(2-10-7)1-5(13-6)3-11-12-9/h1H,2-3H2. The molecule has 1 aliphatic rings. The van der Waals surface area contributed by atoms with Gasteiger partial charge in [0, 0.05) is 9.79 Å². The zero-order valence-corrected chi connectivity index (χ0v) is 9.54. The first-order valence-electron chi connectivity index (χ1n) is 3.64. The van der Waals surface area contributed by atoms with Crippen LogP contribution in [0.5, 0.6) is 0 Å². The van der Waals surface area contributed by atoms with Crippen molar-refractivity contribution in [2.45, 2.75) is 13.1 Å². The summed E-state index contributed by atoms with van der Waals surface area (Å²) in [4.78, 5) is 9.39. The topological polar surface area (TPSA) is 61.1 Å². The van der Waals surface area contributed by atoms with Crippen LogP contribution in [0.4, 0.5) is 0 Å². The first-order chi connectivity index (χ1) is 6.31. The van der Waals surface area contributed by atoms with Crippen molar-refractivity contribution in [2.75, 3.05) is 0 Å². The van der Waals surface area contributed by atoms with Crippen molar-refractivity contribution in [3.63, 3.8) is 0 Å². The van der Waals surface area contributed by atoms with E-state index < -0.39 is 0 Å². The van der Waals surface area contributed by atoms with Crippen molar-refractivity contribution >= 4 is 37.6 Å². The molecule has 0 unspecified atom stereocenters. The Bertz CT molecular complexity index is 416. The lowest BCUT2D eigenvalue weighted by Crippen LogP contribution is -1.77. The molecule has 0 saturated heterocycles. The monoisotopic (exact) mass is 304 g/mol. The third-order valence-electron chi connectivity index (χ3n) is 1.73. The van der Waals surface area contributed by atoms with Gasteiger partial charge >= 0.3 is 0 Å². The molecule has 0 aromatic carbocycles. The predicted molar refractivity (Wildman–Crippen MR) is 61.4 cm³/mol. The molecule has 0 radical (unpaired) electrons. The molecule has 4 nitrogen and oxygen atoms in total. The van der Waals surface area contributed by atoms with Gasteiger partial charge in [0.2, 0.25) is 0 Å². The van der Waals surface area contributed by atoms with Gasteiger partial charge in [-0.15, -0.1) is 11.3 Å². The summed E-state index contributed by atoms with van der Waals surface area (Å²) in [5.41, 5.74) is 9.43. The van der Waals surface area contributed by atoms with Crippen molar-refractivity contribution in [3.05, 3.63) is 31.8 Å². The van der Waals surface area contributed by atoms with Crippen LogP contribution in [0, 0.1) is 0 Å². The third-order valence-corrected chi connectivity index (χ3v) is 4.14. The highest BCUT2D eigenvalue weighted by Gasteiger charge is 2.16. The van der Waals surface area contributed by atoms with E-state index >= 15 is 0 Å². The van der Waals surface area contributed by atoms with Crippen LogP contribution in [0.25, 0.3) is 10.4 Å². The molecule has 0 N–H and O–H groups in total. The number of halogens is 1. The highest BCUT2D eigenvalue weighted by molar-refractivity contribution is 14.1. The molecule has 1 aromatic rings. The van der Waals surface area contributed by atoms with Crippen molar-refractivity contribution < 1.29 is 0 Å². The van der Waals surface area contributed by atoms with E-state index in [-0.39, 0.29) is 0 Å². The zero-order valence-electron chi connectivity index (χ0n) is 6.57. The number of rotatable bonds is 2. The van der Waals surface area contributed by atoms with E-state index in [0.717, 1.165) is 15.1 Å². The molecule has 13 heavy (non-hydrogen) atoms. The minimum absolute atomic E-state index is 0.456. The minimum atomic E-state index is 0.456. The maximum Gasteiger partial charge on any atom is 0.113 e. The molecule has 0 atom stereocenters. The second-order valence-corrected chi connectivity index (χ2v) is 4.72. The van der Waals surface area contributed by atoms with E-state index in [4.69, 9.17) is 5.53 Å². The van der Waals surface area contributed by atoms with Gasteiger partial charge in [-0.25, -0.2) is 0 Å². The maximum absolute atomic E-state index is 8.16. The summed E-state index contributed by atoms with van der Waals surface area (Å²) in [5.74, 6) is 0. The summed E-state index contributed by atoms with van der Waals surface area (Å²) in [6.07, 6.45) is 0. The Kier molecular flexibility index (Phi) is 2.52. The Hall–Kier alpha value is -0.590. The predicted octanol–water partition coefficient (Wildman–Crippen LogP) is 3.25. The first kappa shape index (κ1) is 8.98. The van der Waals surface area contributed by atoms with Gasteiger partial charge < -0.3 is 0 Å². The van der Waals surface area contributed by atoms with Gasteiger partial charge in [0.05, 0.1) is 18.0 Å². The smallest absolute Gasteiger partial charge is 0.113 e. The molecule has 0 spiro atoms. The number of hydrogen-bond acceptors (Lipinski definition) is 3. The van der Waals surface area contributed by atoms with Crippen LogP contribution in [-0.4, -0.2) is 3.72 Å².